The number of alkyl halides is 5. The maximum Gasteiger partial charge on any atom is 0.459 e. The lowest BCUT2D eigenvalue weighted by Gasteiger charge is -2.20. The molecule has 1 aromatic carbocycles. The van der Waals surface area contributed by atoms with Gasteiger partial charge in [0.15, 0.2) is 11.3 Å². The van der Waals surface area contributed by atoms with Crippen molar-refractivity contribution in [3.05, 3.63) is 71.4 Å². The van der Waals surface area contributed by atoms with Crippen molar-refractivity contribution in [3.8, 4) is 5.75 Å². The van der Waals surface area contributed by atoms with E-state index in [4.69, 9.17) is 4.74 Å². The van der Waals surface area contributed by atoms with Crippen molar-refractivity contribution >= 4 is 17.2 Å². The van der Waals surface area contributed by atoms with Crippen LogP contribution in [0.1, 0.15) is 27.4 Å². The zero-order chi connectivity index (χ0) is 24.7. The van der Waals surface area contributed by atoms with Gasteiger partial charge in [-0.05, 0) is 30.7 Å². The Bertz CT molecular complexity index is 1360. The average molecular weight is 480 g/mol. The first-order valence-electron chi connectivity index (χ1n) is 9.77. The van der Waals surface area contributed by atoms with Gasteiger partial charge in [-0.25, -0.2) is 9.50 Å². The molecular weight excluding hydrogens is 463 g/mol. The van der Waals surface area contributed by atoms with Crippen LogP contribution >= 0.6 is 0 Å². The lowest BCUT2D eigenvalue weighted by atomic mass is 10.2. The highest BCUT2D eigenvalue weighted by Crippen LogP contribution is 2.43. The molecule has 0 fully saturated rings. The smallest absolute Gasteiger partial charge is 0.459 e. The van der Waals surface area contributed by atoms with Crippen molar-refractivity contribution in [1.82, 2.24) is 24.4 Å². The fraction of sp³-hybridized carbons (Fsp3) is 0.238. The van der Waals surface area contributed by atoms with E-state index in [1.807, 2.05) is 18.2 Å². The van der Waals surface area contributed by atoms with Crippen LogP contribution in [0.5, 0.6) is 5.75 Å². The number of fused-ring (bicyclic) bond motifs is 1. The molecule has 4 rings (SSSR count). The SMILES string of the molecule is COc1cccc(Cn2cc(NC(=O)c3cc4nc(C)cc(C(F)(F)C(F)(F)F)n4n3)cn2)c1. The number of anilines is 1. The van der Waals surface area contributed by atoms with Crippen LogP contribution in [0.3, 0.4) is 0 Å². The van der Waals surface area contributed by atoms with Crippen LogP contribution < -0.4 is 10.1 Å². The van der Waals surface area contributed by atoms with Crippen molar-refractivity contribution in [1.29, 1.82) is 0 Å². The van der Waals surface area contributed by atoms with E-state index in [9.17, 15) is 26.7 Å². The van der Waals surface area contributed by atoms with Gasteiger partial charge < -0.3 is 10.1 Å². The largest absolute Gasteiger partial charge is 0.497 e. The minimum absolute atomic E-state index is 0.0860. The predicted molar refractivity (Wildman–Crippen MR) is 110 cm³/mol. The number of hydrogen-bond donors (Lipinski definition) is 1. The first-order valence-corrected chi connectivity index (χ1v) is 9.77. The van der Waals surface area contributed by atoms with Gasteiger partial charge in [0.25, 0.3) is 5.91 Å². The molecule has 0 atom stereocenters. The van der Waals surface area contributed by atoms with Crippen LogP contribution in [0, 0.1) is 6.92 Å². The summed E-state index contributed by atoms with van der Waals surface area (Å²) in [5.41, 5.74) is -1.07. The molecule has 3 aromatic heterocycles. The number of nitrogens with one attached hydrogen (secondary N) is 1. The van der Waals surface area contributed by atoms with E-state index < -0.39 is 29.4 Å². The number of amides is 1. The molecule has 1 amide bonds. The van der Waals surface area contributed by atoms with Gasteiger partial charge in [-0.1, -0.05) is 12.1 Å². The highest BCUT2D eigenvalue weighted by molar-refractivity contribution is 6.03. The van der Waals surface area contributed by atoms with Gasteiger partial charge in [-0.3, -0.25) is 9.48 Å². The Morgan fingerprint density at radius 2 is 1.91 bits per heavy atom. The minimum Gasteiger partial charge on any atom is -0.497 e. The Kier molecular flexibility index (Phi) is 5.71. The highest BCUT2D eigenvalue weighted by atomic mass is 19.4. The lowest BCUT2D eigenvalue weighted by molar-refractivity contribution is -0.291. The number of nitrogens with zero attached hydrogens (tertiary/aromatic N) is 5. The zero-order valence-corrected chi connectivity index (χ0v) is 17.8. The fourth-order valence-electron chi connectivity index (χ4n) is 3.25. The summed E-state index contributed by atoms with van der Waals surface area (Å²) in [6.07, 6.45) is -2.96. The van der Waals surface area contributed by atoms with Gasteiger partial charge in [0, 0.05) is 18.0 Å². The van der Waals surface area contributed by atoms with E-state index in [-0.39, 0.29) is 17.0 Å². The number of halogens is 5. The van der Waals surface area contributed by atoms with E-state index in [1.165, 1.54) is 19.3 Å². The molecular formula is C21H17F5N6O2. The van der Waals surface area contributed by atoms with Gasteiger partial charge in [0.1, 0.15) is 11.4 Å². The number of aromatic nitrogens is 5. The van der Waals surface area contributed by atoms with E-state index in [0.29, 0.717) is 22.9 Å². The fourth-order valence-corrected chi connectivity index (χ4v) is 3.25. The average Bonchev–Trinajstić information content (AvgIpc) is 3.39. The molecule has 0 aliphatic rings. The normalized spacial score (nSPS) is 12.2. The van der Waals surface area contributed by atoms with Crippen LogP contribution in [0.2, 0.25) is 0 Å². The summed E-state index contributed by atoms with van der Waals surface area (Å²) in [7, 11) is 1.55. The Balaban J connectivity index is 1.57. The topological polar surface area (TPSA) is 86.3 Å². The molecule has 0 radical (unpaired) electrons. The van der Waals surface area contributed by atoms with E-state index in [0.717, 1.165) is 11.6 Å². The summed E-state index contributed by atoms with van der Waals surface area (Å²) in [6, 6.07) is 8.90. The molecule has 0 saturated carbocycles. The second kappa shape index (κ2) is 8.39. The third-order valence-corrected chi connectivity index (χ3v) is 4.84. The number of carbonyl (C=O) groups is 1. The third kappa shape index (κ3) is 4.40. The summed E-state index contributed by atoms with van der Waals surface area (Å²) in [5, 5.41) is 10.3. The molecule has 0 bridgehead atoms. The van der Waals surface area contributed by atoms with Crippen molar-refractivity contribution in [2.75, 3.05) is 12.4 Å². The Hall–Kier alpha value is -4.03. The molecule has 1 N–H and O–H groups in total. The van der Waals surface area contributed by atoms with Crippen molar-refractivity contribution in [3.63, 3.8) is 0 Å². The number of rotatable bonds is 6. The molecule has 0 spiro atoms. The van der Waals surface area contributed by atoms with E-state index >= 15 is 0 Å². The minimum atomic E-state index is -5.85. The Morgan fingerprint density at radius 1 is 1.15 bits per heavy atom. The van der Waals surface area contributed by atoms with Crippen LogP contribution in [0.4, 0.5) is 27.6 Å². The summed E-state index contributed by atoms with van der Waals surface area (Å²) >= 11 is 0. The molecule has 0 aliphatic carbocycles. The number of ether oxygens (including phenoxy) is 1. The highest BCUT2D eigenvalue weighted by Gasteiger charge is 2.60. The van der Waals surface area contributed by atoms with E-state index in [2.05, 4.69) is 20.5 Å². The first-order chi connectivity index (χ1) is 16.0. The van der Waals surface area contributed by atoms with E-state index in [1.54, 1.807) is 17.9 Å². The Morgan fingerprint density at radius 3 is 2.62 bits per heavy atom. The third-order valence-electron chi connectivity index (χ3n) is 4.84. The maximum absolute atomic E-state index is 14.0. The molecule has 178 valence electrons. The molecule has 8 nitrogen and oxygen atoms in total. The van der Waals surface area contributed by atoms with Crippen LogP contribution in [0.25, 0.3) is 5.65 Å². The summed E-state index contributed by atoms with van der Waals surface area (Å²) in [4.78, 5) is 16.5. The quantitative estimate of drug-likeness (QED) is 0.418. The molecule has 0 unspecified atom stereocenters. The summed E-state index contributed by atoms with van der Waals surface area (Å²) in [5.74, 6) is -5.35. The molecule has 3 heterocycles. The number of benzene rings is 1. The molecule has 13 heteroatoms. The van der Waals surface area contributed by atoms with Gasteiger partial charge in [-0.2, -0.15) is 32.1 Å². The second-order valence-corrected chi connectivity index (χ2v) is 7.39. The van der Waals surface area contributed by atoms with Gasteiger partial charge >= 0.3 is 12.1 Å². The van der Waals surface area contributed by atoms with Crippen LogP contribution in [0.15, 0.2) is 48.8 Å². The number of methoxy groups -OCH3 is 1. The monoisotopic (exact) mass is 480 g/mol. The summed E-state index contributed by atoms with van der Waals surface area (Å²) in [6.45, 7) is 1.64. The predicted octanol–water partition coefficient (Wildman–Crippen LogP) is 4.20. The zero-order valence-electron chi connectivity index (χ0n) is 17.8. The standard InChI is InChI=1S/C21H17F5N6O2/c1-12-6-17(20(22,23)21(24,25)26)32-18(28-12)8-16(30-32)19(33)29-14-9-27-31(11-14)10-13-4-3-5-15(7-13)34-2/h3-9,11H,10H2,1-2H3,(H,29,33). The molecule has 0 saturated heterocycles. The first kappa shape index (κ1) is 23.1. The number of aryl methyl sites for hydroxylation is 1. The molecule has 34 heavy (non-hydrogen) atoms. The van der Waals surface area contributed by atoms with Gasteiger partial charge in [0.05, 0.1) is 25.5 Å². The number of hydrogen-bond acceptors (Lipinski definition) is 5. The van der Waals surface area contributed by atoms with Gasteiger partial charge in [-0.15, -0.1) is 0 Å². The van der Waals surface area contributed by atoms with Crippen molar-refractivity contribution in [2.45, 2.75) is 25.6 Å². The van der Waals surface area contributed by atoms with Crippen LogP contribution in [-0.4, -0.2) is 43.6 Å². The summed E-state index contributed by atoms with van der Waals surface area (Å²) < 4.78 is 73.9. The number of carbonyl (C=O) groups excluding carboxylic acids is 1. The van der Waals surface area contributed by atoms with Crippen molar-refractivity contribution in [2.24, 2.45) is 0 Å². The Labute approximate surface area is 189 Å². The lowest BCUT2D eigenvalue weighted by Crippen LogP contribution is -2.36. The van der Waals surface area contributed by atoms with Crippen LogP contribution in [-0.2, 0) is 12.5 Å². The van der Waals surface area contributed by atoms with Crippen molar-refractivity contribution < 1.29 is 31.5 Å². The maximum atomic E-state index is 14.0. The second-order valence-electron chi connectivity index (χ2n) is 7.39. The molecule has 4 aromatic rings. The molecule has 0 aliphatic heterocycles. The van der Waals surface area contributed by atoms with Gasteiger partial charge in [0.2, 0.25) is 0 Å².